The van der Waals surface area contributed by atoms with Gasteiger partial charge in [-0.3, -0.25) is 14.7 Å². The number of likely N-dealkylation sites (tertiary alicyclic amines) is 1. The summed E-state index contributed by atoms with van der Waals surface area (Å²) in [4.78, 5) is 28.7. The first-order chi connectivity index (χ1) is 14.1. The Bertz CT molecular complexity index is 998. The Balaban J connectivity index is 1.60. The van der Waals surface area contributed by atoms with Gasteiger partial charge in [0.2, 0.25) is 0 Å². The smallest absolute Gasteiger partial charge is 0.251 e. The number of hydrogen-bond acceptors (Lipinski definition) is 5. The molecule has 0 saturated carbocycles. The van der Waals surface area contributed by atoms with E-state index in [2.05, 4.69) is 44.0 Å². The molecule has 4 rings (SSSR count). The number of hydrogen-bond donors (Lipinski definition) is 1. The number of anilines is 1. The Labute approximate surface area is 171 Å². The first-order valence-corrected chi connectivity index (χ1v) is 10.1. The van der Waals surface area contributed by atoms with Gasteiger partial charge in [0, 0.05) is 50.4 Å². The normalized spacial score (nSPS) is 17.2. The molecule has 1 aliphatic rings. The van der Waals surface area contributed by atoms with Gasteiger partial charge in [0.25, 0.3) is 5.56 Å². The largest absolute Gasteiger partial charge is 0.378 e. The summed E-state index contributed by atoms with van der Waals surface area (Å²) in [6, 6.07) is 14.3. The van der Waals surface area contributed by atoms with Crippen molar-refractivity contribution in [2.45, 2.75) is 31.8 Å². The van der Waals surface area contributed by atoms with Crippen LogP contribution < -0.4 is 10.5 Å². The van der Waals surface area contributed by atoms with Crippen molar-refractivity contribution in [3.63, 3.8) is 0 Å². The van der Waals surface area contributed by atoms with Crippen molar-refractivity contribution in [2.75, 3.05) is 25.5 Å². The SMILES string of the molecule is CN(C)c1ccc(CN2CCCCC2c2cc(=O)[nH]c(-c3cccnc3)n2)cc1. The topological polar surface area (TPSA) is 65.1 Å². The standard InChI is InChI=1S/C23H27N5O/c1-27(2)19-10-8-17(9-11-19)16-28-13-4-3-7-21(28)20-14-22(29)26-23(25-20)18-6-5-12-24-15-18/h5-6,8-12,14-15,21H,3-4,7,13,16H2,1-2H3,(H,25,26,29). The van der Waals surface area contributed by atoms with Crippen molar-refractivity contribution < 1.29 is 0 Å². The van der Waals surface area contributed by atoms with Crippen LogP contribution in [0.5, 0.6) is 0 Å². The molecule has 0 radical (unpaired) electrons. The average molecular weight is 390 g/mol. The van der Waals surface area contributed by atoms with Crippen LogP contribution in [0.2, 0.25) is 0 Å². The van der Waals surface area contributed by atoms with Crippen LogP contribution in [0.4, 0.5) is 5.69 Å². The van der Waals surface area contributed by atoms with Crippen molar-refractivity contribution in [3.8, 4) is 11.4 Å². The molecule has 3 aromatic rings. The van der Waals surface area contributed by atoms with Crippen molar-refractivity contribution in [2.24, 2.45) is 0 Å². The van der Waals surface area contributed by atoms with E-state index in [0.29, 0.717) is 5.82 Å². The zero-order chi connectivity index (χ0) is 20.2. The van der Waals surface area contributed by atoms with E-state index in [4.69, 9.17) is 4.98 Å². The van der Waals surface area contributed by atoms with Gasteiger partial charge in [-0.15, -0.1) is 0 Å². The molecule has 1 aromatic carbocycles. The number of H-pyrrole nitrogens is 1. The van der Waals surface area contributed by atoms with Gasteiger partial charge >= 0.3 is 0 Å². The lowest BCUT2D eigenvalue weighted by Gasteiger charge is -2.35. The number of piperidine rings is 1. The second-order valence-corrected chi connectivity index (χ2v) is 7.80. The molecule has 29 heavy (non-hydrogen) atoms. The van der Waals surface area contributed by atoms with Crippen LogP contribution >= 0.6 is 0 Å². The fourth-order valence-corrected chi connectivity index (χ4v) is 3.94. The highest BCUT2D eigenvalue weighted by atomic mass is 16.1. The summed E-state index contributed by atoms with van der Waals surface area (Å²) in [6.07, 6.45) is 6.78. The molecule has 1 fully saturated rings. The minimum atomic E-state index is -0.116. The van der Waals surface area contributed by atoms with Gasteiger partial charge in [-0.05, 0) is 49.2 Å². The molecule has 0 bridgehead atoms. The van der Waals surface area contributed by atoms with E-state index >= 15 is 0 Å². The fourth-order valence-electron chi connectivity index (χ4n) is 3.94. The summed E-state index contributed by atoms with van der Waals surface area (Å²) >= 11 is 0. The third kappa shape index (κ3) is 4.54. The van der Waals surface area contributed by atoms with Crippen molar-refractivity contribution in [1.29, 1.82) is 0 Å². The van der Waals surface area contributed by atoms with E-state index in [1.807, 2.05) is 26.2 Å². The fraction of sp³-hybridized carbons (Fsp3) is 0.348. The van der Waals surface area contributed by atoms with Gasteiger partial charge in [-0.2, -0.15) is 0 Å². The molecule has 1 aliphatic heterocycles. The highest BCUT2D eigenvalue weighted by molar-refractivity contribution is 5.52. The predicted octanol–water partition coefficient (Wildman–Crippen LogP) is 3.63. The highest BCUT2D eigenvalue weighted by Crippen LogP contribution is 2.31. The molecule has 3 heterocycles. The van der Waals surface area contributed by atoms with E-state index in [1.54, 1.807) is 18.5 Å². The number of nitrogens with zero attached hydrogens (tertiary/aromatic N) is 4. The van der Waals surface area contributed by atoms with Crippen molar-refractivity contribution >= 4 is 5.69 Å². The van der Waals surface area contributed by atoms with Crippen LogP contribution in [0.15, 0.2) is 59.7 Å². The highest BCUT2D eigenvalue weighted by Gasteiger charge is 2.26. The molecule has 0 aliphatic carbocycles. The van der Waals surface area contributed by atoms with Crippen molar-refractivity contribution in [1.82, 2.24) is 19.9 Å². The van der Waals surface area contributed by atoms with Crippen LogP contribution in [-0.2, 0) is 6.54 Å². The monoisotopic (exact) mass is 389 g/mol. The molecular weight excluding hydrogens is 362 g/mol. The zero-order valence-corrected chi connectivity index (χ0v) is 17.0. The molecule has 1 N–H and O–H groups in total. The summed E-state index contributed by atoms with van der Waals surface area (Å²) in [6.45, 7) is 1.87. The number of benzene rings is 1. The predicted molar refractivity (Wildman–Crippen MR) is 116 cm³/mol. The van der Waals surface area contributed by atoms with Gasteiger partial charge < -0.3 is 9.88 Å². The van der Waals surface area contributed by atoms with E-state index in [0.717, 1.165) is 37.2 Å². The molecule has 150 valence electrons. The second-order valence-electron chi connectivity index (χ2n) is 7.80. The molecule has 1 unspecified atom stereocenters. The van der Waals surface area contributed by atoms with Crippen LogP contribution in [0.3, 0.4) is 0 Å². The maximum Gasteiger partial charge on any atom is 0.251 e. The van der Waals surface area contributed by atoms with E-state index in [-0.39, 0.29) is 11.6 Å². The van der Waals surface area contributed by atoms with Crippen LogP contribution in [-0.4, -0.2) is 40.5 Å². The number of nitrogens with one attached hydrogen (secondary N) is 1. The van der Waals surface area contributed by atoms with Crippen molar-refractivity contribution in [3.05, 3.63) is 76.5 Å². The molecule has 1 atom stereocenters. The van der Waals surface area contributed by atoms with Gasteiger partial charge in [0.05, 0.1) is 11.7 Å². The van der Waals surface area contributed by atoms with E-state index < -0.39 is 0 Å². The Hall–Kier alpha value is -2.99. The number of aromatic nitrogens is 3. The average Bonchev–Trinajstić information content (AvgIpc) is 2.75. The minimum absolute atomic E-state index is 0.116. The third-order valence-corrected chi connectivity index (χ3v) is 5.49. The maximum atomic E-state index is 12.4. The molecule has 6 nitrogen and oxygen atoms in total. The molecule has 2 aromatic heterocycles. The molecule has 0 spiro atoms. The first kappa shape index (κ1) is 19.3. The quantitative estimate of drug-likeness (QED) is 0.722. The Morgan fingerprint density at radius 1 is 1.17 bits per heavy atom. The number of rotatable bonds is 5. The molecular formula is C23H27N5O. The lowest BCUT2D eigenvalue weighted by atomic mass is 9.98. The Morgan fingerprint density at radius 2 is 2.00 bits per heavy atom. The molecule has 6 heteroatoms. The summed E-state index contributed by atoms with van der Waals surface area (Å²) in [5.74, 6) is 0.585. The zero-order valence-electron chi connectivity index (χ0n) is 17.0. The molecule has 1 saturated heterocycles. The summed E-state index contributed by atoms with van der Waals surface area (Å²) in [5, 5.41) is 0. The summed E-state index contributed by atoms with van der Waals surface area (Å²) in [7, 11) is 4.10. The summed E-state index contributed by atoms with van der Waals surface area (Å²) < 4.78 is 0. The summed E-state index contributed by atoms with van der Waals surface area (Å²) in [5.41, 5.74) is 4.03. The second kappa shape index (κ2) is 8.57. The minimum Gasteiger partial charge on any atom is -0.378 e. The van der Waals surface area contributed by atoms with Crippen LogP contribution in [0.25, 0.3) is 11.4 Å². The van der Waals surface area contributed by atoms with Gasteiger partial charge in [-0.25, -0.2) is 4.98 Å². The van der Waals surface area contributed by atoms with Crippen LogP contribution in [0, 0.1) is 0 Å². The number of pyridine rings is 1. The van der Waals surface area contributed by atoms with E-state index in [1.165, 1.54) is 17.7 Å². The Kier molecular flexibility index (Phi) is 5.71. The number of aromatic amines is 1. The maximum absolute atomic E-state index is 12.4. The molecule has 0 amide bonds. The lowest BCUT2D eigenvalue weighted by Crippen LogP contribution is -2.34. The van der Waals surface area contributed by atoms with Gasteiger partial charge in [0.1, 0.15) is 5.82 Å². The first-order valence-electron chi connectivity index (χ1n) is 10.1. The van der Waals surface area contributed by atoms with Gasteiger partial charge in [-0.1, -0.05) is 18.6 Å². The third-order valence-electron chi connectivity index (χ3n) is 5.49. The van der Waals surface area contributed by atoms with Crippen LogP contribution in [0.1, 0.15) is 36.6 Å². The Morgan fingerprint density at radius 3 is 2.72 bits per heavy atom. The van der Waals surface area contributed by atoms with Gasteiger partial charge in [0.15, 0.2) is 0 Å². The van der Waals surface area contributed by atoms with E-state index in [9.17, 15) is 4.79 Å². The lowest BCUT2D eigenvalue weighted by molar-refractivity contribution is 0.137.